The highest BCUT2D eigenvalue weighted by Gasteiger charge is 2.35. The minimum atomic E-state index is -1.35. The van der Waals surface area contributed by atoms with Gasteiger partial charge < -0.3 is 29.6 Å². The van der Waals surface area contributed by atoms with Crippen LogP contribution in [0.15, 0.2) is 24.3 Å². The van der Waals surface area contributed by atoms with E-state index in [0.29, 0.717) is 24.7 Å². The highest BCUT2D eigenvalue weighted by molar-refractivity contribution is 5.86. The van der Waals surface area contributed by atoms with Crippen molar-refractivity contribution in [3.8, 4) is 11.5 Å². The maximum Gasteiger partial charge on any atom is 0.306 e. The zero-order chi connectivity index (χ0) is 25.6. The van der Waals surface area contributed by atoms with Gasteiger partial charge in [0.15, 0.2) is 11.6 Å². The van der Waals surface area contributed by atoms with Crippen LogP contribution in [0.5, 0.6) is 11.5 Å². The lowest BCUT2D eigenvalue weighted by Crippen LogP contribution is -2.26. The van der Waals surface area contributed by atoms with Gasteiger partial charge >= 0.3 is 5.97 Å². The first-order valence-electron chi connectivity index (χ1n) is 12.5. The third-order valence-corrected chi connectivity index (χ3v) is 7.63. The molecule has 4 atom stereocenters. The number of ether oxygens (including phenoxy) is 2. The number of aromatic nitrogens is 2. The third kappa shape index (κ3) is 4.05. The molecule has 1 aliphatic carbocycles. The van der Waals surface area contributed by atoms with Crippen molar-refractivity contribution in [3.05, 3.63) is 47.0 Å². The molecule has 3 aromatic rings. The quantitative estimate of drug-likeness (QED) is 0.448. The van der Waals surface area contributed by atoms with E-state index in [1.54, 1.807) is 0 Å². The molecule has 0 radical (unpaired) electrons. The van der Waals surface area contributed by atoms with Crippen LogP contribution in [-0.2, 0) is 11.2 Å². The fourth-order valence-corrected chi connectivity index (χ4v) is 5.85. The molecule has 0 saturated heterocycles. The lowest BCUT2D eigenvalue weighted by molar-refractivity contribution is -0.143. The number of carbonyl (C=O) groups is 1. The van der Waals surface area contributed by atoms with Gasteiger partial charge in [-0.25, -0.2) is 9.37 Å². The van der Waals surface area contributed by atoms with Crippen molar-refractivity contribution >= 4 is 22.7 Å². The van der Waals surface area contributed by atoms with Crippen LogP contribution in [0.1, 0.15) is 68.1 Å². The van der Waals surface area contributed by atoms with Crippen molar-refractivity contribution in [1.82, 2.24) is 9.55 Å². The summed E-state index contributed by atoms with van der Waals surface area (Å²) in [7, 11) is 2.80. The Kier molecular flexibility index (Phi) is 6.51. The van der Waals surface area contributed by atoms with E-state index < -0.39 is 23.8 Å². The average molecular weight is 498 g/mol. The molecule has 0 spiro atoms. The van der Waals surface area contributed by atoms with E-state index in [-0.39, 0.29) is 23.1 Å². The van der Waals surface area contributed by atoms with Gasteiger partial charge in [0.1, 0.15) is 17.7 Å². The van der Waals surface area contributed by atoms with Crippen molar-refractivity contribution < 1.29 is 28.9 Å². The molecule has 4 unspecified atom stereocenters. The molecule has 9 heteroatoms. The summed E-state index contributed by atoms with van der Waals surface area (Å²) in [4.78, 5) is 16.8. The summed E-state index contributed by atoms with van der Waals surface area (Å²) in [5, 5.41) is 25.0. The Morgan fingerprint density at radius 3 is 2.72 bits per heavy atom. The predicted octanol–water partition coefficient (Wildman–Crippen LogP) is 4.84. The van der Waals surface area contributed by atoms with Crippen LogP contribution < -0.4 is 14.8 Å². The maximum absolute atomic E-state index is 14.7. The maximum atomic E-state index is 14.7. The predicted molar refractivity (Wildman–Crippen MR) is 133 cm³/mol. The summed E-state index contributed by atoms with van der Waals surface area (Å²) in [6.07, 6.45) is 3.01. The largest absolute Gasteiger partial charge is 0.496 e. The number of nitrogens with one attached hydrogen (secondary N) is 1. The molecule has 1 saturated carbocycles. The second-order valence-corrected chi connectivity index (χ2v) is 9.84. The molecule has 5 rings (SSSR count). The first-order valence-corrected chi connectivity index (χ1v) is 12.5. The van der Waals surface area contributed by atoms with Gasteiger partial charge in [-0.1, -0.05) is 6.42 Å². The zero-order valence-electron chi connectivity index (χ0n) is 20.8. The number of aliphatic hydroxyl groups excluding tert-OH is 1. The van der Waals surface area contributed by atoms with Gasteiger partial charge in [0.2, 0.25) is 0 Å². The molecule has 1 aliphatic heterocycles. The second-order valence-electron chi connectivity index (χ2n) is 9.84. The van der Waals surface area contributed by atoms with Gasteiger partial charge in [-0.15, -0.1) is 0 Å². The fourth-order valence-electron chi connectivity index (χ4n) is 5.85. The number of fused-ring (bicyclic) bond motifs is 3. The van der Waals surface area contributed by atoms with E-state index in [4.69, 9.17) is 14.5 Å². The molecular formula is C27H32FN3O5. The third-order valence-electron chi connectivity index (χ3n) is 7.63. The molecule has 192 valence electrons. The van der Waals surface area contributed by atoms with Crippen molar-refractivity contribution in [1.29, 1.82) is 0 Å². The first-order chi connectivity index (χ1) is 17.3. The van der Waals surface area contributed by atoms with E-state index >= 15 is 0 Å². The van der Waals surface area contributed by atoms with E-state index in [9.17, 15) is 19.4 Å². The molecule has 36 heavy (non-hydrogen) atoms. The Labute approximate surface area is 209 Å². The summed E-state index contributed by atoms with van der Waals surface area (Å²) >= 11 is 0. The van der Waals surface area contributed by atoms with Gasteiger partial charge in [-0.05, 0) is 63.3 Å². The van der Waals surface area contributed by atoms with E-state index in [1.807, 2.05) is 16.7 Å². The number of methoxy groups -OCH3 is 2. The smallest absolute Gasteiger partial charge is 0.306 e. The summed E-state index contributed by atoms with van der Waals surface area (Å²) in [5.74, 6) is -1.39. The number of hydrogen-bond donors (Lipinski definition) is 3. The average Bonchev–Trinajstić information content (AvgIpc) is 3.28. The molecule has 8 nitrogen and oxygen atoms in total. The van der Waals surface area contributed by atoms with Gasteiger partial charge in [0.05, 0.1) is 36.7 Å². The Morgan fingerprint density at radius 1 is 1.19 bits per heavy atom. The topological polar surface area (TPSA) is 106 Å². The van der Waals surface area contributed by atoms with Crippen LogP contribution in [0, 0.1) is 11.7 Å². The van der Waals surface area contributed by atoms with Crippen LogP contribution in [0.2, 0.25) is 0 Å². The van der Waals surface area contributed by atoms with Gasteiger partial charge in [0, 0.05) is 23.3 Å². The Morgan fingerprint density at radius 2 is 2.00 bits per heavy atom. The molecule has 0 bridgehead atoms. The molecule has 2 aromatic carbocycles. The highest BCUT2D eigenvalue weighted by Crippen LogP contribution is 2.44. The fraction of sp³-hybridized carbons (Fsp3) is 0.481. The molecule has 3 N–H and O–H groups in total. The van der Waals surface area contributed by atoms with Crippen LogP contribution >= 0.6 is 0 Å². The molecular weight excluding hydrogens is 465 g/mol. The number of carboxylic acids is 1. The molecule has 2 aliphatic rings. The number of benzene rings is 2. The number of imidazole rings is 1. The van der Waals surface area contributed by atoms with Gasteiger partial charge in [-0.3, -0.25) is 4.79 Å². The molecule has 0 amide bonds. The van der Waals surface area contributed by atoms with Crippen LogP contribution in [0.3, 0.4) is 0 Å². The van der Waals surface area contributed by atoms with Crippen LogP contribution in [0.4, 0.5) is 10.1 Å². The first kappa shape index (κ1) is 24.4. The van der Waals surface area contributed by atoms with Crippen molar-refractivity contribution in [2.75, 3.05) is 19.5 Å². The number of rotatable bonds is 6. The van der Waals surface area contributed by atoms with Gasteiger partial charge in [0.25, 0.3) is 0 Å². The highest BCUT2D eigenvalue weighted by atomic mass is 19.1. The zero-order valence-corrected chi connectivity index (χ0v) is 20.8. The number of aliphatic carboxylic acids is 1. The number of anilines is 1. The number of hydrogen-bond acceptors (Lipinski definition) is 6. The Bertz CT molecular complexity index is 1310. The number of aliphatic hydroxyl groups is 1. The molecule has 1 aromatic heterocycles. The number of aryl methyl sites for hydroxylation is 1. The Hall–Kier alpha value is -3.33. The van der Waals surface area contributed by atoms with Crippen LogP contribution in [-0.4, -0.2) is 46.0 Å². The van der Waals surface area contributed by atoms with Gasteiger partial charge in [-0.2, -0.15) is 0 Å². The van der Waals surface area contributed by atoms with Crippen LogP contribution in [0.25, 0.3) is 11.0 Å². The van der Waals surface area contributed by atoms with Crippen molar-refractivity contribution in [2.24, 2.45) is 5.92 Å². The van der Waals surface area contributed by atoms with E-state index in [2.05, 4.69) is 12.2 Å². The standard InChI is InChI=1S/C27H32FN3O5/c1-14-7-8-17-19(29-14)10-11-20-23(17)30-26(31(20)16-6-4-5-15(13-16)27(33)34)24(32)22-21(35-2)12-9-18(28)25(22)36-3/h9-12,14-16,24,29,32H,4-8,13H2,1-3H3,(H,33,34). The summed E-state index contributed by atoms with van der Waals surface area (Å²) in [6, 6.07) is 6.87. The number of carboxylic acid groups (broad SMARTS) is 1. The SMILES string of the molecule is COc1ccc(F)c(OC)c1C(O)c1nc2c3c(ccc2n1C1CCCC(C(=O)O)C1)NC(C)CC3. The van der Waals surface area contributed by atoms with Crippen molar-refractivity contribution in [2.45, 2.75) is 63.6 Å². The molecule has 1 fully saturated rings. The van der Waals surface area contributed by atoms with E-state index in [1.165, 1.54) is 26.4 Å². The normalized spacial score (nSPS) is 22.5. The molecule has 2 heterocycles. The summed E-state index contributed by atoms with van der Waals surface area (Å²) in [6.45, 7) is 2.14. The summed E-state index contributed by atoms with van der Waals surface area (Å²) < 4.78 is 27.5. The Balaban J connectivity index is 1.73. The summed E-state index contributed by atoms with van der Waals surface area (Å²) in [5.41, 5.74) is 3.85. The van der Waals surface area contributed by atoms with Crippen molar-refractivity contribution in [3.63, 3.8) is 0 Å². The lowest BCUT2D eigenvalue weighted by atomic mass is 9.85. The van der Waals surface area contributed by atoms with E-state index in [0.717, 1.165) is 48.0 Å². The minimum Gasteiger partial charge on any atom is -0.496 e. The number of halogens is 1. The monoisotopic (exact) mass is 497 g/mol. The number of nitrogens with zero attached hydrogens (tertiary/aromatic N) is 2. The minimum absolute atomic E-state index is 0.106. The lowest BCUT2D eigenvalue weighted by Gasteiger charge is -2.30. The second kappa shape index (κ2) is 9.61.